The van der Waals surface area contributed by atoms with Crippen molar-refractivity contribution < 1.29 is 23.5 Å². The van der Waals surface area contributed by atoms with E-state index < -0.39 is 11.6 Å². The molecular formula is C34H44FN5O4. The maximum Gasteiger partial charge on any atom is 0.415 e. The summed E-state index contributed by atoms with van der Waals surface area (Å²) in [5, 5.41) is 6.75. The summed E-state index contributed by atoms with van der Waals surface area (Å²) in [5.74, 6) is 0.440. The van der Waals surface area contributed by atoms with E-state index in [0.717, 1.165) is 53.3 Å². The topological polar surface area (TPSA) is 86.4 Å². The fourth-order valence-corrected chi connectivity index (χ4v) is 5.49. The number of nitrogens with zero attached hydrogens (tertiary/aromatic N) is 3. The van der Waals surface area contributed by atoms with Crippen LogP contribution in [0, 0.1) is 12.7 Å². The number of carbonyl (C=O) groups is 2. The first-order valence-electron chi connectivity index (χ1n) is 15.0. The number of hydrogen-bond donors (Lipinski definition) is 2. The second kappa shape index (κ2) is 13.5. The first-order valence-corrected chi connectivity index (χ1v) is 15.0. The number of amides is 2. The van der Waals surface area contributed by atoms with E-state index in [0.29, 0.717) is 30.3 Å². The Labute approximate surface area is 259 Å². The number of halogens is 1. The van der Waals surface area contributed by atoms with E-state index in [-0.39, 0.29) is 11.7 Å². The molecule has 0 aliphatic carbocycles. The Morgan fingerprint density at radius 3 is 2.43 bits per heavy atom. The molecule has 2 amide bonds. The summed E-state index contributed by atoms with van der Waals surface area (Å²) in [6.45, 7) is 13.2. The second-order valence-corrected chi connectivity index (χ2v) is 11.6. The SMILES string of the molecule is CCN(CC)CCN(C)C(=O)Oc1ccc(-c2ccc3c(c2CNc2cc(F)ccc2C)N(C)C(=O)C(C)(C)N3)c(OC)c1. The molecule has 0 fully saturated rings. The van der Waals surface area contributed by atoms with Crippen molar-refractivity contribution in [3.8, 4) is 22.6 Å². The number of carbonyl (C=O) groups excluding carboxylic acids is 2. The molecule has 1 aliphatic rings. The fourth-order valence-electron chi connectivity index (χ4n) is 5.49. The van der Waals surface area contributed by atoms with Crippen LogP contribution in [0.25, 0.3) is 11.1 Å². The zero-order valence-corrected chi connectivity index (χ0v) is 27.0. The number of methoxy groups -OCH3 is 1. The number of fused-ring (bicyclic) bond motifs is 1. The van der Waals surface area contributed by atoms with Crippen LogP contribution in [0.1, 0.15) is 38.8 Å². The van der Waals surface area contributed by atoms with Crippen molar-refractivity contribution in [3.05, 3.63) is 65.5 Å². The largest absolute Gasteiger partial charge is 0.496 e. The van der Waals surface area contributed by atoms with E-state index in [9.17, 15) is 14.0 Å². The minimum atomic E-state index is -0.783. The van der Waals surface area contributed by atoms with Crippen LogP contribution in [0.15, 0.2) is 48.5 Å². The minimum Gasteiger partial charge on any atom is -0.496 e. The zero-order chi connectivity index (χ0) is 32.2. The molecule has 0 aromatic heterocycles. The van der Waals surface area contributed by atoms with Gasteiger partial charge in [-0.25, -0.2) is 9.18 Å². The fraction of sp³-hybridized carbons (Fsp3) is 0.412. The average Bonchev–Trinajstić information content (AvgIpc) is 3.00. The molecule has 236 valence electrons. The van der Waals surface area contributed by atoms with Crippen LogP contribution in [0.2, 0.25) is 0 Å². The van der Waals surface area contributed by atoms with Gasteiger partial charge in [-0.15, -0.1) is 0 Å². The summed E-state index contributed by atoms with van der Waals surface area (Å²) in [7, 11) is 5.05. The van der Waals surface area contributed by atoms with Crippen molar-refractivity contribution in [1.82, 2.24) is 9.80 Å². The molecule has 3 aromatic carbocycles. The third-order valence-corrected chi connectivity index (χ3v) is 8.19. The van der Waals surface area contributed by atoms with E-state index in [1.807, 2.05) is 39.0 Å². The highest BCUT2D eigenvalue weighted by Crippen LogP contribution is 2.45. The molecule has 1 aliphatic heterocycles. The molecule has 1 heterocycles. The van der Waals surface area contributed by atoms with Gasteiger partial charge in [-0.2, -0.15) is 0 Å². The molecule has 4 rings (SSSR count). The molecule has 2 N–H and O–H groups in total. The number of anilines is 3. The van der Waals surface area contributed by atoms with E-state index in [1.54, 1.807) is 49.2 Å². The van der Waals surface area contributed by atoms with Crippen molar-refractivity contribution in [2.24, 2.45) is 0 Å². The van der Waals surface area contributed by atoms with E-state index in [2.05, 4.69) is 29.4 Å². The lowest BCUT2D eigenvalue weighted by molar-refractivity contribution is -0.121. The minimum absolute atomic E-state index is 0.0790. The zero-order valence-electron chi connectivity index (χ0n) is 27.0. The van der Waals surface area contributed by atoms with Gasteiger partial charge in [0.05, 0.1) is 18.5 Å². The molecule has 0 bridgehead atoms. The van der Waals surface area contributed by atoms with Crippen LogP contribution in [0.4, 0.5) is 26.2 Å². The highest BCUT2D eigenvalue weighted by Gasteiger charge is 2.38. The lowest BCUT2D eigenvalue weighted by Crippen LogP contribution is -2.52. The molecule has 0 atom stereocenters. The summed E-state index contributed by atoms with van der Waals surface area (Å²) in [6.07, 6.45) is -0.454. The first kappa shape index (κ1) is 32.6. The van der Waals surface area contributed by atoms with Crippen molar-refractivity contribution in [1.29, 1.82) is 0 Å². The molecule has 0 radical (unpaired) electrons. The Bertz CT molecular complexity index is 1520. The van der Waals surface area contributed by atoms with Crippen molar-refractivity contribution >= 4 is 29.1 Å². The molecule has 0 spiro atoms. The smallest absolute Gasteiger partial charge is 0.415 e. The van der Waals surface area contributed by atoms with Gasteiger partial charge in [0.25, 0.3) is 5.91 Å². The van der Waals surface area contributed by atoms with Gasteiger partial charge in [0.15, 0.2) is 0 Å². The van der Waals surface area contributed by atoms with E-state index in [1.165, 1.54) is 12.1 Å². The quantitative estimate of drug-likeness (QED) is 0.263. The lowest BCUT2D eigenvalue weighted by Gasteiger charge is -2.40. The Morgan fingerprint density at radius 2 is 1.75 bits per heavy atom. The van der Waals surface area contributed by atoms with Crippen LogP contribution < -0.4 is 25.0 Å². The van der Waals surface area contributed by atoms with Crippen molar-refractivity contribution in [2.75, 3.05) is 62.9 Å². The lowest BCUT2D eigenvalue weighted by atomic mass is 9.91. The first-order chi connectivity index (χ1) is 20.9. The second-order valence-electron chi connectivity index (χ2n) is 11.6. The molecular weight excluding hydrogens is 561 g/mol. The number of rotatable bonds is 11. The number of aryl methyl sites for hydroxylation is 1. The van der Waals surface area contributed by atoms with Gasteiger partial charge in [0.2, 0.25) is 0 Å². The van der Waals surface area contributed by atoms with Crippen molar-refractivity contribution in [3.63, 3.8) is 0 Å². The van der Waals surface area contributed by atoms with Gasteiger partial charge >= 0.3 is 6.09 Å². The monoisotopic (exact) mass is 605 g/mol. The van der Waals surface area contributed by atoms with Crippen LogP contribution in [-0.2, 0) is 11.3 Å². The molecule has 0 saturated carbocycles. The average molecular weight is 606 g/mol. The highest BCUT2D eigenvalue weighted by molar-refractivity contribution is 6.09. The maximum atomic E-state index is 14.1. The van der Waals surface area contributed by atoms with Gasteiger partial charge in [-0.3, -0.25) is 4.79 Å². The predicted octanol–water partition coefficient (Wildman–Crippen LogP) is 6.36. The van der Waals surface area contributed by atoms with Gasteiger partial charge in [0.1, 0.15) is 22.9 Å². The number of likely N-dealkylation sites (N-methyl/N-ethyl adjacent to an activating group) is 3. The van der Waals surface area contributed by atoms with Crippen LogP contribution in [0.5, 0.6) is 11.5 Å². The van der Waals surface area contributed by atoms with Crippen LogP contribution in [-0.4, -0.2) is 74.7 Å². The standard InChI is InChI=1S/C34H44FN5O4/c1-9-40(10-2)18-17-38(6)33(42)44-24-13-14-26(30(20-24)43-8)25-15-16-28-31(39(7)32(41)34(4,5)37-28)27(25)21-36-29-19-23(35)12-11-22(29)3/h11-16,19-20,36-37H,9-10,17-18,21H2,1-8H3. The predicted molar refractivity (Wildman–Crippen MR) is 174 cm³/mol. The summed E-state index contributed by atoms with van der Waals surface area (Å²) in [5.41, 5.74) is 4.70. The molecule has 44 heavy (non-hydrogen) atoms. The summed E-state index contributed by atoms with van der Waals surface area (Å²) >= 11 is 0. The van der Waals surface area contributed by atoms with E-state index >= 15 is 0 Å². The Balaban J connectivity index is 1.70. The third-order valence-electron chi connectivity index (χ3n) is 8.19. The Hall–Kier alpha value is -4.31. The molecule has 0 unspecified atom stereocenters. The summed E-state index contributed by atoms with van der Waals surface area (Å²) in [6, 6.07) is 13.8. The van der Waals surface area contributed by atoms with Crippen molar-refractivity contribution in [2.45, 2.75) is 46.7 Å². The number of benzene rings is 3. The Kier molecular flexibility index (Phi) is 10.0. The summed E-state index contributed by atoms with van der Waals surface area (Å²) in [4.78, 5) is 31.6. The summed E-state index contributed by atoms with van der Waals surface area (Å²) < 4.78 is 25.6. The number of nitrogens with one attached hydrogen (secondary N) is 2. The van der Waals surface area contributed by atoms with Gasteiger partial charge in [-0.1, -0.05) is 26.0 Å². The number of hydrogen-bond acceptors (Lipinski definition) is 7. The third kappa shape index (κ3) is 6.91. The normalized spacial score (nSPS) is 13.8. The van der Waals surface area contributed by atoms with Gasteiger partial charge in [-0.05, 0) is 75.3 Å². The highest BCUT2D eigenvalue weighted by atomic mass is 19.1. The molecule has 10 heteroatoms. The van der Waals surface area contributed by atoms with Crippen LogP contribution >= 0.6 is 0 Å². The van der Waals surface area contributed by atoms with E-state index in [4.69, 9.17) is 9.47 Å². The molecule has 9 nitrogen and oxygen atoms in total. The molecule has 0 saturated heterocycles. The van der Waals surface area contributed by atoms with Gasteiger partial charge < -0.3 is 34.8 Å². The number of ether oxygens (including phenoxy) is 2. The van der Waals surface area contributed by atoms with Gasteiger partial charge in [0, 0.05) is 56.6 Å². The van der Waals surface area contributed by atoms with Crippen LogP contribution in [0.3, 0.4) is 0 Å². The maximum absolute atomic E-state index is 14.1. The Morgan fingerprint density at radius 1 is 1.05 bits per heavy atom. The molecule has 3 aromatic rings.